The van der Waals surface area contributed by atoms with Crippen molar-refractivity contribution in [2.75, 3.05) is 36.0 Å². The average molecular weight is 624 g/mol. The summed E-state index contributed by atoms with van der Waals surface area (Å²) in [6.45, 7) is 3.38. The molecule has 1 aliphatic heterocycles. The van der Waals surface area contributed by atoms with E-state index in [1.807, 2.05) is 30.3 Å². The number of aromatic nitrogens is 4. The monoisotopic (exact) mass is 622 g/mol. The van der Waals surface area contributed by atoms with Crippen LogP contribution < -0.4 is 9.80 Å². The Morgan fingerprint density at radius 2 is 1.60 bits per heavy atom. The van der Waals surface area contributed by atoms with Crippen molar-refractivity contribution in [2.45, 2.75) is 12.8 Å². The zero-order chi connectivity index (χ0) is 28.5. The summed E-state index contributed by atoms with van der Waals surface area (Å²) in [5, 5.41) is 5.43. The number of nitrogens with zero attached hydrogens (tertiary/aromatic N) is 5. The molecule has 0 unspecified atom stereocenters. The third-order valence-electron chi connectivity index (χ3n) is 7.81. The predicted molar refractivity (Wildman–Crippen MR) is 167 cm³/mol. The summed E-state index contributed by atoms with van der Waals surface area (Å²) in [5.74, 6) is 1.83. The summed E-state index contributed by atoms with van der Waals surface area (Å²) in [6, 6.07) is 27.3. The molecule has 0 radical (unpaired) electrons. The number of fused-ring (bicyclic) bond motifs is 1. The Balaban J connectivity index is 1.03. The fourth-order valence-electron chi connectivity index (χ4n) is 5.61. The van der Waals surface area contributed by atoms with Crippen LogP contribution >= 0.6 is 15.9 Å². The zero-order valence-corrected chi connectivity index (χ0v) is 24.4. The van der Waals surface area contributed by atoms with E-state index >= 15 is 0 Å². The van der Waals surface area contributed by atoms with Crippen LogP contribution in [0.15, 0.2) is 100 Å². The van der Waals surface area contributed by atoms with Crippen LogP contribution in [0.4, 0.5) is 15.9 Å². The Kier molecular flexibility index (Phi) is 7.17. The van der Waals surface area contributed by atoms with Crippen molar-refractivity contribution >= 4 is 38.3 Å². The number of piperazine rings is 1. The molecule has 0 saturated carbocycles. The van der Waals surface area contributed by atoms with Gasteiger partial charge in [0.2, 0.25) is 11.7 Å². The second-order valence-corrected chi connectivity index (χ2v) is 11.2. The van der Waals surface area contributed by atoms with Gasteiger partial charge in [0.05, 0.1) is 5.52 Å². The lowest BCUT2D eigenvalue weighted by molar-refractivity contribution is 0.379. The highest BCUT2D eigenvalue weighted by atomic mass is 79.9. The highest BCUT2D eigenvalue weighted by molar-refractivity contribution is 9.10. The largest absolute Gasteiger partial charge is 0.368 e. The molecule has 0 spiro atoms. The summed E-state index contributed by atoms with van der Waals surface area (Å²) in [6.07, 6.45) is 3.18. The molecular formula is C33H28BrFN6O. The third kappa shape index (κ3) is 5.27. The molecule has 3 aromatic heterocycles. The minimum absolute atomic E-state index is 0.213. The lowest BCUT2D eigenvalue weighted by Gasteiger charge is -2.36. The lowest BCUT2D eigenvalue weighted by atomic mass is 10.0. The summed E-state index contributed by atoms with van der Waals surface area (Å²) in [7, 11) is 0. The number of aryl methyl sites for hydroxylation is 2. The van der Waals surface area contributed by atoms with Crippen LogP contribution in [-0.2, 0) is 12.8 Å². The van der Waals surface area contributed by atoms with Gasteiger partial charge in [-0.3, -0.25) is 0 Å². The predicted octanol–water partition coefficient (Wildman–Crippen LogP) is 7.29. The topological polar surface area (TPSA) is 74.1 Å². The quantitative estimate of drug-likeness (QED) is 0.201. The molecule has 3 aromatic carbocycles. The number of hydrogen-bond donors (Lipinski definition) is 1. The minimum atomic E-state index is -0.213. The zero-order valence-electron chi connectivity index (χ0n) is 22.8. The minimum Gasteiger partial charge on any atom is -0.368 e. The van der Waals surface area contributed by atoms with Crippen LogP contribution in [0.25, 0.3) is 33.5 Å². The van der Waals surface area contributed by atoms with Gasteiger partial charge in [-0.05, 0) is 75.9 Å². The van der Waals surface area contributed by atoms with Crippen LogP contribution in [-0.4, -0.2) is 46.3 Å². The van der Waals surface area contributed by atoms with Crippen LogP contribution in [0, 0.1) is 5.82 Å². The Morgan fingerprint density at radius 3 is 2.36 bits per heavy atom. The van der Waals surface area contributed by atoms with E-state index < -0.39 is 0 Å². The number of benzene rings is 3. The van der Waals surface area contributed by atoms with E-state index in [0.29, 0.717) is 18.1 Å². The maximum atomic E-state index is 13.3. The smallest absolute Gasteiger partial charge is 0.227 e. The molecule has 7 nitrogen and oxygen atoms in total. The van der Waals surface area contributed by atoms with Gasteiger partial charge in [-0.1, -0.05) is 47.6 Å². The fraction of sp³-hybridized carbons (Fsp3) is 0.182. The van der Waals surface area contributed by atoms with Gasteiger partial charge in [-0.15, -0.1) is 0 Å². The number of para-hydroxylation sites is 1. The highest BCUT2D eigenvalue weighted by Gasteiger charge is 2.20. The highest BCUT2D eigenvalue weighted by Crippen LogP contribution is 2.34. The first-order valence-electron chi connectivity index (χ1n) is 14.0. The second kappa shape index (κ2) is 11.4. The molecule has 0 bridgehead atoms. The first kappa shape index (κ1) is 26.4. The van der Waals surface area contributed by atoms with Crippen molar-refractivity contribution in [2.24, 2.45) is 0 Å². The Morgan fingerprint density at radius 1 is 0.810 bits per heavy atom. The maximum Gasteiger partial charge on any atom is 0.227 e. The molecule has 6 aromatic rings. The number of rotatable bonds is 7. The van der Waals surface area contributed by atoms with Crippen molar-refractivity contribution in [3.05, 3.63) is 113 Å². The first-order chi connectivity index (χ1) is 20.6. The van der Waals surface area contributed by atoms with E-state index in [2.05, 4.69) is 83.3 Å². The summed E-state index contributed by atoms with van der Waals surface area (Å²) < 4.78 is 20.0. The molecule has 9 heteroatoms. The number of anilines is 2. The standard InChI is InChI=1S/C33H28BrFN6O/c34-28-8-4-7-26-27(31(38-32(26)28)22-5-2-1-3-6-22)14-16-30-37-33(39-42-30)23-9-15-29(36-21-23)41-19-17-40(18-20-41)25-12-10-24(35)11-13-25/h1-13,15,21,38H,14,16-20H2. The van der Waals surface area contributed by atoms with Gasteiger partial charge in [0, 0.05) is 65.6 Å². The molecule has 1 fully saturated rings. The van der Waals surface area contributed by atoms with Gasteiger partial charge in [-0.2, -0.15) is 4.98 Å². The van der Waals surface area contributed by atoms with Crippen molar-refractivity contribution in [1.82, 2.24) is 20.1 Å². The number of H-pyrrole nitrogens is 1. The number of pyridine rings is 1. The van der Waals surface area contributed by atoms with E-state index in [0.717, 1.165) is 70.9 Å². The Labute approximate surface area is 251 Å². The summed E-state index contributed by atoms with van der Waals surface area (Å²) in [5.41, 5.74) is 6.42. The van der Waals surface area contributed by atoms with Gasteiger partial charge in [0.15, 0.2) is 0 Å². The molecule has 7 rings (SSSR count). The molecule has 42 heavy (non-hydrogen) atoms. The molecule has 0 atom stereocenters. The summed E-state index contributed by atoms with van der Waals surface area (Å²) >= 11 is 3.69. The van der Waals surface area contributed by atoms with Crippen molar-refractivity contribution in [1.29, 1.82) is 0 Å². The molecule has 4 heterocycles. The van der Waals surface area contributed by atoms with Gasteiger partial charge < -0.3 is 19.3 Å². The van der Waals surface area contributed by atoms with Crippen LogP contribution in [0.5, 0.6) is 0 Å². The number of aromatic amines is 1. The molecule has 210 valence electrons. The van der Waals surface area contributed by atoms with E-state index in [1.165, 1.54) is 23.1 Å². The second-order valence-electron chi connectivity index (χ2n) is 10.4. The Bertz CT molecular complexity index is 1810. The molecule has 1 N–H and O–H groups in total. The van der Waals surface area contributed by atoms with Crippen molar-refractivity contribution in [3.8, 4) is 22.6 Å². The molecule has 0 aliphatic carbocycles. The molecule has 0 amide bonds. The van der Waals surface area contributed by atoms with Gasteiger partial charge >= 0.3 is 0 Å². The van der Waals surface area contributed by atoms with E-state index in [4.69, 9.17) is 9.51 Å². The molecular weight excluding hydrogens is 595 g/mol. The fourth-order valence-corrected chi connectivity index (χ4v) is 6.07. The first-order valence-corrected chi connectivity index (χ1v) is 14.8. The normalized spacial score (nSPS) is 13.7. The van der Waals surface area contributed by atoms with Gasteiger partial charge in [-0.25, -0.2) is 9.37 Å². The van der Waals surface area contributed by atoms with Crippen LogP contribution in [0.2, 0.25) is 0 Å². The third-order valence-corrected chi connectivity index (χ3v) is 8.47. The SMILES string of the molecule is Fc1ccc(N2CCN(c3ccc(-c4noc(CCc5c(-c6ccccc6)[nH]c6c(Br)cccc56)n4)cn3)CC2)cc1. The maximum absolute atomic E-state index is 13.3. The van der Waals surface area contributed by atoms with E-state index in [1.54, 1.807) is 6.20 Å². The van der Waals surface area contributed by atoms with Crippen molar-refractivity contribution < 1.29 is 8.91 Å². The van der Waals surface area contributed by atoms with Crippen LogP contribution in [0.1, 0.15) is 11.5 Å². The van der Waals surface area contributed by atoms with Gasteiger partial charge in [0.1, 0.15) is 11.6 Å². The molecule has 1 saturated heterocycles. The van der Waals surface area contributed by atoms with Crippen LogP contribution in [0.3, 0.4) is 0 Å². The number of hydrogen-bond acceptors (Lipinski definition) is 6. The Hall–Kier alpha value is -4.50. The van der Waals surface area contributed by atoms with E-state index in [-0.39, 0.29) is 5.82 Å². The van der Waals surface area contributed by atoms with E-state index in [9.17, 15) is 4.39 Å². The number of nitrogens with one attached hydrogen (secondary N) is 1. The molecule has 1 aliphatic rings. The number of halogens is 2. The van der Waals surface area contributed by atoms with Crippen molar-refractivity contribution in [3.63, 3.8) is 0 Å². The summed E-state index contributed by atoms with van der Waals surface area (Å²) in [4.78, 5) is 17.5. The average Bonchev–Trinajstić information content (AvgIpc) is 3.67. The van der Waals surface area contributed by atoms with Gasteiger partial charge in [0.25, 0.3) is 0 Å². The lowest BCUT2D eigenvalue weighted by Crippen LogP contribution is -2.46.